The molecule has 2 atom stereocenters. The van der Waals surface area contributed by atoms with Crippen LogP contribution in [0.15, 0.2) is 12.1 Å². The van der Waals surface area contributed by atoms with Gasteiger partial charge >= 0.3 is 11.9 Å². The van der Waals surface area contributed by atoms with E-state index >= 15 is 0 Å². The number of ether oxygens (including phenoxy) is 2. The highest BCUT2D eigenvalue weighted by molar-refractivity contribution is 6.00. The van der Waals surface area contributed by atoms with Gasteiger partial charge in [0.05, 0.1) is 11.1 Å². The molecule has 94 valence electrons. The predicted molar refractivity (Wildman–Crippen MR) is 63.7 cm³/mol. The molecule has 0 saturated carbocycles. The fraction of sp³-hybridized carbons (Fsp3) is 0.429. The summed E-state index contributed by atoms with van der Waals surface area (Å²) in [4.78, 5) is 24.1. The van der Waals surface area contributed by atoms with E-state index in [4.69, 9.17) is 9.47 Å². The molecule has 2 aliphatic rings. The maximum atomic E-state index is 12.1. The third kappa shape index (κ3) is 1.52. The monoisotopic (exact) mass is 246 g/mol. The smallest absolute Gasteiger partial charge is 0.339 e. The Balaban J connectivity index is 2.20. The predicted octanol–water partition coefficient (Wildman–Crippen LogP) is 2.06. The number of benzene rings is 1. The molecule has 4 bridgehead atoms. The minimum Gasteiger partial charge on any atom is -0.458 e. The van der Waals surface area contributed by atoms with Crippen LogP contribution in [-0.4, -0.2) is 24.6 Å². The second-order valence-corrected chi connectivity index (χ2v) is 4.98. The van der Waals surface area contributed by atoms with Gasteiger partial charge in [0, 0.05) is 0 Å². The second kappa shape index (κ2) is 3.83. The Morgan fingerprint density at radius 1 is 1.17 bits per heavy atom. The van der Waals surface area contributed by atoms with E-state index in [9.17, 15) is 9.59 Å². The van der Waals surface area contributed by atoms with E-state index in [-0.39, 0.29) is 24.5 Å². The van der Waals surface area contributed by atoms with Crippen molar-refractivity contribution in [1.82, 2.24) is 0 Å². The maximum absolute atomic E-state index is 12.1. The quantitative estimate of drug-likeness (QED) is 0.657. The molecular formula is C14H14O4. The second-order valence-electron chi connectivity index (χ2n) is 4.98. The number of rotatable bonds is 0. The largest absolute Gasteiger partial charge is 0.458 e. The molecule has 3 rings (SSSR count). The number of cyclic esters (lactones) is 2. The van der Waals surface area contributed by atoms with Crippen LogP contribution in [0.25, 0.3) is 0 Å². The van der Waals surface area contributed by atoms with E-state index in [1.165, 1.54) is 0 Å². The van der Waals surface area contributed by atoms with Crippen molar-refractivity contribution < 1.29 is 19.1 Å². The van der Waals surface area contributed by atoms with Crippen molar-refractivity contribution in [2.45, 2.75) is 32.3 Å². The third-order valence-corrected chi connectivity index (χ3v) is 3.57. The molecule has 0 N–H and O–H groups in total. The van der Waals surface area contributed by atoms with Gasteiger partial charge in [-0.1, -0.05) is 13.0 Å². The first-order valence-corrected chi connectivity index (χ1v) is 6.11. The molecule has 1 heterocycles. The summed E-state index contributed by atoms with van der Waals surface area (Å²) in [5, 5.41) is 0. The van der Waals surface area contributed by atoms with Gasteiger partial charge in [0.2, 0.25) is 0 Å². The summed E-state index contributed by atoms with van der Waals surface area (Å²) in [5.74, 6) is -0.451. The fourth-order valence-electron chi connectivity index (χ4n) is 2.68. The summed E-state index contributed by atoms with van der Waals surface area (Å²) in [5.41, 5.74) is 2.83. The normalized spacial score (nSPS) is 25.9. The fourth-order valence-corrected chi connectivity index (χ4v) is 2.68. The lowest BCUT2D eigenvalue weighted by atomic mass is 10.0. The highest BCUT2D eigenvalue weighted by atomic mass is 16.6. The Labute approximate surface area is 105 Å². The van der Waals surface area contributed by atoms with Crippen molar-refractivity contribution in [3.05, 3.63) is 34.4 Å². The van der Waals surface area contributed by atoms with Crippen LogP contribution >= 0.6 is 0 Å². The molecular weight excluding hydrogens is 232 g/mol. The van der Waals surface area contributed by atoms with Crippen molar-refractivity contribution in [2.24, 2.45) is 0 Å². The molecule has 2 unspecified atom stereocenters. The SMILES string of the molecule is CC1COC(=O)c2ccc3c(c2CC3C)C(=O)O1. The zero-order chi connectivity index (χ0) is 12.9. The summed E-state index contributed by atoms with van der Waals surface area (Å²) in [6.45, 7) is 3.87. The highest BCUT2D eigenvalue weighted by Crippen LogP contribution is 2.38. The topological polar surface area (TPSA) is 52.6 Å². The van der Waals surface area contributed by atoms with E-state index in [0.717, 1.165) is 11.1 Å². The average Bonchev–Trinajstić information content (AvgIpc) is 2.56. The molecule has 1 aliphatic carbocycles. The standard InChI is InChI=1S/C14H14O4/c1-7-5-11-10-4-3-9(7)12(11)14(16)18-8(2)6-17-13(10)15/h3-4,7-8H,5-6H2,1-2H3. The van der Waals surface area contributed by atoms with E-state index in [0.29, 0.717) is 17.5 Å². The Kier molecular flexibility index (Phi) is 2.40. The van der Waals surface area contributed by atoms with Crippen molar-refractivity contribution >= 4 is 11.9 Å². The molecule has 0 radical (unpaired) electrons. The Morgan fingerprint density at radius 2 is 1.94 bits per heavy atom. The summed E-state index contributed by atoms with van der Waals surface area (Å²) < 4.78 is 10.4. The van der Waals surface area contributed by atoms with E-state index in [2.05, 4.69) is 0 Å². The molecule has 1 aromatic rings. The summed E-state index contributed by atoms with van der Waals surface area (Å²) >= 11 is 0. The van der Waals surface area contributed by atoms with Crippen LogP contribution in [0.1, 0.15) is 51.6 Å². The van der Waals surface area contributed by atoms with Gasteiger partial charge < -0.3 is 9.47 Å². The molecule has 0 amide bonds. The van der Waals surface area contributed by atoms with Gasteiger partial charge in [0.25, 0.3) is 0 Å². The summed E-state index contributed by atoms with van der Waals surface area (Å²) in [6.07, 6.45) is 0.288. The van der Waals surface area contributed by atoms with Crippen molar-refractivity contribution in [1.29, 1.82) is 0 Å². The number of carbonyl (C=O) groups excluding carboxylic acids is 2. The van der Waals surface area contributed by atoms with Crippen molar-refractivity contribution in [2.75, 3.05) is 6.61 Å². The van der Waals surface area contributed by atoms with Gasteiger partial charge in [0.1, 0.15) is 12.7 Å². The molecule has 4 nitrogen and oxygen atoms in total. The summed E-state index contributed by atoms with van der Waals surface area (Å²) in [7, 11) is 0. The number of esters is 2. The molecule has 18 heavy (non-hydrogen) atoms. The number of hydrogen-bond acceptors (Lipinski definition) is 4. The van der Waals surface area contributed by atoms with Crippen molar-refractivity contribution in [3.8, 4) is 0 Å². The van der Waals surface area contributed by atoms with Crippen LogP contribution in [0.3, 0.4) is 0 Å². The molecule has 4 heteroatoms. The van der Waals surface area contributed by atoms with Gasteiger partial charge in [-0.25, -0.2) is 9.59 Å². The first-order chi connectivity index (χ1) is 8.58. The first kappa shape index (κ1) is 11.3. The van der Waals surface area contributed by atoms with Crippen LogP contribution in [-0.2, 0) is 15.9 Å². The van der Waals surface area contributed by atoms with Crippen LogP contribution < -0.4 is 0 Å². The van der Waals surface area contributed by atoms with Crippen molar-refractivity contribution in [3.63, 3.8) is 0 Å². The number of carbonyl (C=O) groups is 2. The van der Waals surface area contributed by atoms with Gasteiger partial charge in [-0.3, -0.25) is 0 Å². The Hall–Kier alpha value is -1.84. The Bertz CT molecular complexity index is 547. The zero-order valence-corrected chi connectivity index (χ0v) is 10.4. The lowest BCUT2D eigenvalue weighted by Crippen LogP contribution is -2.20. The summed E-state index contributed by atoms with van der Waals surface area (Å²) in [6, 6.07) is 3.59. The molecule has 0 spiro atoms. The van der Waals surface area contributed by atoms with E-state index in [1.807, 2.05) is 13.0 Å². The molecule has 0 aromatic heterocycles. The van der Waals surface area contributed by atoms with Crippen LogP contribution in [0.5, 0.6) is 0 Å². The number of hydrogen-bond donors (Lipinski definition) is 0. The molecule has 0 fully saturated rings. The van der Waals surface area contributed by atoms with Gasteiger partial charge in [-0.05, 0) is 36.5 Å². The van der Waals surface area contributed by atoms with E-state index < -0.39 is 6.10 Å². The molecule has 1 aliphatic heterocycles. The molecule has 1 aromatic carbocycles. The van der Waals surface area contributed by atoms with Gasteiger partial charge in [0.15, 0.2) is 0 Å². The zero-order valence-electron chi connectivity index (χ0n) is 10.4. The minimum atomic E-state index is -0.412. The lowest BCUT2D eigenvalue weighted by Gasteiger charge is -2.12. The lowest BCUT2D eigenvalue weighted by molar-refractivity contribution is 0.00550. The van der Waals surface area contributed by atoms with Gasteiger partial charge in [-0.15, -0.1) is 0 Å². The minimum absolute atomic E-state index is 0.105. The van der Waals surface area contributed by atoms with Crippen LogP contribution in [0.4, 0.5) is 0 Å². The first-order valence-electron chi connectivity index (χ1n) is 6.11. The van der Waals surface area contributed by atoms with Crippen LogP contribution in [0, 0.1) is 0 Å². The average molecular weight is 246 g/mol. The highest BCUT2D eigenvalue weighted by Gasteiger charge is 2.34. The molecule has 0 saturated heterocycles. The van der Waals surface area contributed by atoms with Crippen LogP contribution in [0.2, 0.25) is 0 Å². The van der Waals surface area contributed by atoms with Gasteiger partial charge in [-0.2, -0.15) is 0 Å². The Morgan fingerprint density at radius 3 is 2.72 bits per heavy atom. The third-order valence-electron chi connectivity index (χ3n) is 3.57. The maximum Gasteiger partial charge on any atom is 0.339 e. The van der Waals surface area contributed by atoms with E-state index in [1.54, 1.807) is 13.0 Å².